The van der Waals surface area contributed by atoms with Gasteiger partial charge in [0.2, 0.25) is 5.91 Å². The van der Waals surface area contributed by atoms with Gasteiger partial charge in [0.05, 0.1) is 0 Å². The number of hydrogen-bond acceptors (Lipinski definition) is 4. The van der Waals surface area contributed by atoms with E-state index in [4.69, 9.17) is 0 Å². The second-order valence-electron chi connectivity index (χ2n) is 6.08. The molecule has 0 atom stereocenters. The molecule has 1 aromatic rings. The predicted molar refractivity (Wildman–Crippen MR) is 77.0 cm³/mol. The van der Waals surface area contributed by atoms with Crippen LogP contribution in [0.2, 0.25) is 0 Å². The van der Waals surface area contributed by atoms with Crippen molar-refractivity contribution in [3.05, 3.63) is 23.3 Å². The SMILES string of the molecule is Cc1nc(C(=O)N2CCN(C(=O)C3CC3)CC2)cc(C(F)(F)F)n1. The van der Waals surface area contributed by atoms with E-state index in [0.717, 1.165) is 12.8 Å². The quantitative estimate of drug-likeness (QED) is 0.817. The molecule has 130 valence electrons. The fourth-order valence-electron chi connectivity index (χ4n) is 2.70. The van der Waals surface area contributed by atoms with E-state index >= 15 is 0 Å². The molecule has 2 fully saturated rings. The van der Waals surface area contributed by atoms with Crippen molar-refractivity contribution in [3.63, 3.8) is 0 Å². The van der Waals surface area contributed by atoms with Crippen LogP contribution < -0.4 is 0 Å². The first-order valence-corrected chi connectivity index (χ1v) is 7.76. The van der Waals surface area contributed by atoms with Crippen molar-refractivity contribution in [1.29, 1.82) is 0 Å². The van der Waals surface area contributed by atoms with Gasteiger partial charge in [0.25, 0.3) is 5.91 Å². The highest BCUT2D eigenvalue weighted by Crippen LogP contribution is 2.31. The smallest absolute Gasteiger partial charge is 0.339 e. The maximum atomic E-state index is 12.8. The lowest BCUT2D eigenvalue weighted by Crippen LogP contribution is -2.51. The molecule has 1 aliphatic carbocycles. The third-order valence-electron chi connectivity index (χ3n) is 4.15. The zero-order valence-electron chi connectivity index (χ0n) is 13.1. The minimum absolute atomic E-state index is 0.101. The van der Waals surface area contributed by atoms with Gasteiger partial charge in [-0.1, -0.05) is 0 Å². The second-order valence-corrected chi connectivity index (χ2v) is 6.08. The third kappa shape index (κ3) is 3.49. The normalized spacial score (nSPS) is 18.7. The monoisotopic (exact) mass is 342 g/mol. The lowest BCUT2D eigenvalue weighted by Gasteiger charge is -2.34. The van der Waals surface area contributed by atoms with Gasteiger partial charge >= 0.3 is 6.18 Å². The Labute approximate surface area is 136 Å². The van der Waals surface area contributed by atoms with E-state index in [1.807, 2.05) is 0 Å². The number of rotatable bonds is 2. The first-order chi connectivity index (χ1) is 11.3. The van der Waals surface area contributed by atoms with Crippen LogP contribution in [0.15, 0.2) is 6.07 Å². The van der Waals surface area contributed by atoms with Crippen molar-refractivity contribution in [2.75, 3.05) is 26.2 Å². The van der Waals surface area contributed by atoms with Crippen molar-refractivity contribution in [3.8, 4) is 0 Å². The van der Waals surface area contributed by atoms with Crippen LogP contribution in [0.25, 0.3) is 0 Å². The number of amides is 2. The maximum Gasteiger partial charge on any atom is 0.433 e. The number of carbonyl (C=O) groups is 2. The molecule has 3 rings (SSSR count). The highest BCUT2D eigenvalue weighted by atomic mass is 19.4. The Hall–Kier alpha value is -2.19. The van der Waals surface area contributed by atoms with Crippen LogP contribution in [0.4, 0.5) is 13.2 Å². The lowest BCUT2D eigenvalue weighted by atomic mass is 10.2. The number of aryl methyl sites for hydroxylation is 1. The topological polar surface area (TPSA) is 66.4 Å². The molecule has 9 heteroatoms. The standard InChI is InChI=1S/C15H17F3N4O2/c1-9-19-11(8-12(20-9)15(16,17)18)14(24)22-6-4-21(5-7-22)13(23)10-2-3-10/h8,10H,2-7H2,1H3. The molecule has 6 nitrogen and oxygen atoms in total. The van der Waals surface area contributed by atoms with Crippen LogP contribution in [-0.4, -0.2) is 57.8 Å². The third-order valence-corrected chi connectivity index (χ3v) is 4.15. The van der Waals surface area contributed by atoms with Crippen molar-refractivity contribution in [2.24, 2.45) is 5.92 Å². The Morgan fingerprint density at radius 3 is 2.21 bits per heavy atom. The first kappa shape index (κ1) is 16.7. The van der Waals surface area contributed by atoms with Gasteiger partial charge in [-0.25, -0.2) is 9.97 Å². The van der Waals surface area contributed by atoms with Gasteiger partial charge in [0.1, 0.15) is 17.2 Å². The van der Waals surface area contributed by atoms with Crippen LogP contribution in [0.3, 0.4) is 0 Å². The minimum Gasteiger partial charge on any atom is -0.339 e. The molecule has 0 unspecified atom stereocenters. The van der Waals surface area contributed by atoms with E-state index in [-0.39, 0.29) is 23.3 Å². The van der Waals surface area contributed by atoms with Crippen LogP contribution in [-0.2, 0) is 11.0 Å². The van der Waals surface area contributed by atoms with Crippen LogP contribution >= 0.6 is 0 Å². The molecular weight excluding hydrogens is 325 g/mol. The lowest BCUT2D eigenvalue weighted by molar-refractivity contribution is -0.141. The molecule has 0 N–H and O–H groups in total. The average Bonchev–Trinajstić information content (AvgIpc) is 3.37. The molecule has 2 heterocycles. The van der Waals surface area contributed by atoms with E-state index in [1.165, 1.54) is 11.8 Å². The molecule has 1 saturated heterocycles. The van der Waals surface area contributed by atoms with Gasteiger partial charge in [-0.2, -0.15) is 13.2 Å². The summed E-state index contributed by atoms with van der Waals surface area (Å²) in [4.78, 5) is 34.7. The first-order valence-electron chi connectivity index (χ1n) is 7.76. The number of piperazine rings is 1. The molecule has 0 radical (unpaired) electrons. The summed E-state index contributed by atoms with van der Waals surface area (Å²) in [6.45, 7) is 2.70. The van der Waals surface area contributed by atoms with Crippen LogP contribution in [0, 0.1) is 12.8 Å². The summed E-state index contributed by atoms with van der Waals surface area (Å²) in [7, 11) is 0. The zero-order valence-corrected chi connectivity index (χ0v) is 13.1. The molecule has 2 amide bonds. The number of nitrogens with zero attached hydrogens (tertiary/aromatic N) is 4. The van der Waals surface area contributed by atoms with E-state index in [1.54, 1.807) is 4.90 Å². The summed E-state index contributed by atoms with van der Waals surface area (Å²) in [5, 5.41) is 0. The summed E-state index contributed by atoms with van der Waals surface area (Å²) in [5.41, 5.74) is -1.39. The van der Waals surface area contributed by atoms with Gasteiger partial charge < -0.3 is 9.80 Å². The van der Waals surface area contributed by atoms with Crippen molar-refractivity contribution in [1.82, 2.24) is 19.8 Å². The van der Waals surface area contributed by atoms with Crippen LogP contribution in [0.1, 0.15) is 34.8 Å². The van der Waals surface area contributed by atoms with Gasteiger partial charge in [-0.3, -0.25) is 9.59 Å². The number of alkyl halides is 3. The number of hydrogen-bond donors (Lipinski definition) is 0. The Bertz CT molecular complexity index is 665. The number of carbonyl (C=O) groups excluding carboxylic acids is 2. The maximum absolute atomic E-state index is 12.8. The molecule has 1 aromatic heterocycles. The molecule has 24 heavy (non-hydrogen) atoms. The molecular formula is C15H17F3N4O2. The Morgan fingerprint density at radius 1 is 1.08 bits per heavy atom. The van der Waals surface area contributed by atoms with Gasteiger partial charge in [0.15, 0.2) is 0 Å². The molecule has 0 aromatic carbocycles. The largest absolute Gasteiger partial charge is 0.433 e. The minimum atomic E-state index is -4.63. The van der Waals surface area contributed by atoms with Crippen LogP contribution in [0.5, 0.6) is 0 Å². The van der Waals surface area contributed by atoms with Crippen molar-refractivity contribution in [2.45, 2.75) is 25.9 Å². The molecule has 2 aliphatic rings. The van der Waals surface area contributed by atoms with E-state index in [0.29, 0.717) is 32.2 Å². The van der Waals surface area contributed by atoms with Crippen molar-refractivity contribution >= 4 is 11.8 Å². The summed E-state index contributed by atoms with van der Waals surface area (Å²) < 4.78 is 38.4. The number of aromatic nitrogens is 2. The summed E-state index contributed by atoms with van der Waals surface area (Å²) in [6, 6.07) is 0.678. The van der Waals surface area contributed by atoms with Gasteiger partial charge in [0, 0.05) is 38.2 Å². The highest BCUT2D eigenvalue weighted by Gasteiger charge is 2.37. The molecule has 0 bridgehead atoms. The van der Waals surface area contributed by atoms with E-state index < -0.39 is 17.8 Å². The number of halogens is 3. The average molecular weight is 342 g/mol. The Kier molecular flexibility index (Phi) is 4.18. The van der Waals surface area contributed by atoms with Crippen molar-refractivity contribution < 1.29 is 22.8 Å². The van der Waals surface area contributed by atoms with Gasteiger partial charge in [-0.05, 0) is 19.8 Å². The molecule has 0 spiro atoms. The second kappa shape index (κ2) is 6.03. The Morgan fingerprint density at radius 2 is 1.67 bits per heavy atom. The predicted octanol–water partition coefficient (Wildman–Crippen LogP) is 1.50. The van der Waals surface area contributed by atoms with E-state index in [9.17, 15) is 22.8 Å². The van der Waals surface area contributed by atoms with E-state index in [2.05, 4.69) is 9.97 Å². The fourth-order valence-corrected chi connectivity index (χ4v) is 2.70. The summed E-state index contributed by atoms with van der Waals surface area (Å²) in [5.74, 6) is -0.439. The highest BCUT2D eigenvalue weighted by molar-refractivity contribution is 5.92. The molecule has 1 aliphatic heterocycles. The Balaban J connectivity index is 1.69. The fraction of sp³-hybridized carbons (Fsp3) is 0.600. The zero-order chi connectivity index (χ0) is 17.5. The summed E-state index contributed by atoms with van der Waals surface area (Å²) in [6.07, 6.45) is -2.80. The summed E-state index contributed by atoms with van der Waals surface area (Å²) >= 11 is 0. The molecule has 1 saturated carbocycles. The van der Waals surface area contributed by atoms with Gasteiger partial charge in [-0.15, -0.1) is 0 Å².